The standard InChI is InChI=1S/C19H20N2O4/c1-24-16-9-13-8-7-12-5-3-4-6-14(12)19(23,11-18(22)21-20)15(13)10-17(16)25-2/h3-10,23H,11,20H2,1-2H3,(H,21,22). The highest BCUT2D eigenvalue weighted by Gasteiger charge is 2.39. The third-order valence-electron chi connectivity index (χ3n) is 4.43. The molecule has 1 aliphatic rings. The minimum Gasteiger partial charge on any atom is -0.493 e. The van der Waals surface area contributed by atoms with Crippen molar-refractivity contribution in [3.63, 3.8) is 0 Å². The SMILES string of the molecule is COc1cc2c(cc1OC)C(O)(CC(=O)NN)c1ccccc1C=C2. The lowest BCUT2D eigenvalue weighted by Gasteiger charge is -2.31. The molecule has 0 spiro atoms. The van der Waals surface area contributed by atoms with Crippen molar-refractivity contribution in [2.24, 2.45) is 5.84 Å². The van der Waals surface area contributed by atoms with Gasteiger partial charge in [0.2, 0.25) is 5.91 Å². The molecule has 0 heterocycles. The number of hydrogen-bond donors (Lipinski definition) is 3. The monoisotopic (exact) mass is 340 g/mol. The van der Waals surface area contributed by atoms with Crippen molar-refractivity contribution in [2.45, 2.75) is 12.0 Å². The second-order valence-electron chi connectivity index (χ2n) is 5.82. The lowest BCUT2D eigenvalue weighted by molar-refractivity contribution is -0.125. The molecule has 0 saturated carbocycles. The van der Waals surface area contributed by atoms with Gasteiger partial charge in [0.05, 0.1) is 20.6 Å². The van der Waals surface area contributed by atoms with Crippen LogP contribution in [0.25, 0.3) is 12.2 Å². The summed E-state index contributed by atoms with van der Waals surface area (Å²) in [7, 11) is 3.07. The minimum absolute atomic E-state index is 0.218. The Morgan fingerprint density at radius 1 is 1.08 bits per heavy atom. The smallest absolute Gasteiger partial charge is 0.237 e. The zero-order valence-electron chi connectivity index (χ0n) is 14.1. The molecule has 0 aromatic heterocycles. The van der Waals surface area contributed by atoms with E-state index in [9.17, 15) is 9.90 Å². The molecule has 130 valence electrons. The van der Waals surface area contributed by atoms with Crippen LogP contribution in [0.1, 0.15) is 28.7 Å². The van der Waals surface area contributed by atoms with Gasteiger partial charge in [0.25, 0.3) is 0 Å². The van der Waals surface area contributed by atoms with Crippen LogP contribution in [0, 0.1) is 0 Å². The Morgan fingerprint density at radius 2 is 1.72 bits per heavy atom. The molecule has 2 aromatic carbocycles. The number of ether oxygens (including phenoxy) is 2. The third-order valence-corrected chi connectivity index (χ3v) is 4.43. The number of methoxy groups -OCH3 is 2. The summed E-state index contributed by atoms with van der Waals surface area (Å²) in [6.45, 7) is 0. The lowest BCUT2D eigenvalue weighted by Crippen LogP contribution is -2.39. The molecule has 4 N–H and O–H groups in total. The predicted octanol–water partition coefficient (Wildman–Crippen LogP) is 1.80. The molecule has 1 atom stereocenters. The number of rotatable bonds is 4. The van der Waals surface area contributed by atoms with Gasteiger partial charge in [0.1, 0.15) is 5.60 Å². The third kappa shape index (κ3) is 2.86. The van der Waals surface area contributed by atoms with Gasteiger partial charge in [-0.2, -0.15) is 0 Å². The fourth-order valence-electron chi connectivity index (χ4n) is 3.21. The average molecular weight is 340 g/mol. The van der Waals surface area contributed by atoms with Gasteiger partial charge in [0, 0.05) is 0 Å². The Hall–Kier alpha value is -2.83. The van der Waals surface area contributed by atoms with Gasteiger partial charge in [-0.05, 0) is 34.4 Å². The van der Waals surface area contributed by atoms with Crippen LogP contribution in [0.4, 0.5) is 0 Å². The number of carbonyl (C=O) groups is 1. The number of hydrogen-bond acceptors (Lipinski definition) is 5. The summed E-state index contributed by atoms with van der Waals surface area (Å²) in [4.78, 5) is 12.0. The van der Waals surface area contributed by atoms with Crippen molar-refractivity contribution >= 4 is 18.1 Å². The molecule has 1 amide bonds. The van der Waals surface area contributed by atoms with Crippen LogP contribution in [0.2, 0.25) is 0 Å². The van der Waals surface area contributed by atoms with Crippen LogP contribution in [0.5, 0.6) is 11.5 Å². The van der Waals surface area contributed by atoms with Gasteiger partial charge >= 0.3 is 0 Å². The van der Waals surface area contributed by atoms with Crippen LogP contribution in [0.15, 0.2) is 36.4 Å². The molecule has 3 rings (SSSR count). The number of hydrazine groups is 1. The van der Waals surface area contributed by atoms with Crippen LogP contribution >= 0.6 is 0 Å². The quantitative estimate of drug-likeness (QED) is 0.448. The number of carbonyl (C=O) groups excluding carboxylic acids is 1. The van der Waals surface area contributed by atoms with Crippen molar-refractivity contribution in [1.82, 2.24) is 5.43 Å². The number of amides is 1. The first kappa shape index (κ1) is 17.0. The molecule has 1 aliphatic carbocycles. The molecule has 0 bridgehead atoms. The highest BCUT2D eigenvalue weighted by Crippen LogP contribution is 2.44. The van der Waals surface area contributed by atoms with Gasteiger partial charge in [-0.15, -0.1) is 0 Å². The minimum atomic E-state index is -1.56. The van der Waals surface area contributed by atoms with Crippen LogP contribution in [-0.4, -0.2) is 25.2 Å². The normalized spacial score (nSPS) is 17.9. The maximum Gasteiger partial charge on any atom is 0.237 e. The number of nitrogens with two attached hydrogens (primary N) is 1. The Kier molecular flexibility index (Phi) is 4.48. The lowest BCUT2D eigenvalue weighted by atomic mass is 9.80. The van der Waals surface area contributed by atoms with E-state index in [2.05, 4.69) is 5.43 Å². The van der Waals surface area contributed by atoms with Crippen LogP contribution < -0.4 is 20.7 Å². The summed E-state index contributed by atoms with van der Waals surface area (Å²) in [6.07, 6.45) is 3.57. The molecular weight excluding hydrogens is 320 g/mol. The van der Waals surface area contributed by atoms with E-state index in [0.717, 1.165) is 11.1 Å². The first-order chi connectivity index (χ1) is 12.0. The summed E-state index contributed by atoms with van der Waals surface area (Å²) in [5.41, 5.74) is 3.28. The fourth-order valence-corrected chi connectivity index (χ4v) is 3.21. The first-order valence-corrected chi connectivity index (χ1v) is 7.79. The Bertz CT molecular complexity index is 847. The summed E-state index contributed by atoms with van der Waals surface area (Å²) in [6, 6.07) is 10.9. The molecule has 25 heavy (non-hydrogen) atoms. The molecule has 1 unspecified atom stereocenters. The maximum atomic E-state index is 12.0. The molecule has 2 aromatic rings. The molecule has 0 saturated heterocycles. The van der Waals surface area contributed by atoms with E-state index >= 15 is 0 Å². The highest BCUT2D eigenvalue weighted by atomic mass is 16.5. The van der Waals surface area contributed by atoms with Gasteiger partial charge in [-0.25, -0.2) is 5.84 Å². The van der Waals surface area contributed by atoms with E-state index in [4.69, 9.17) is 15.3 Å². The van der Waals surface area contributed by atoms with Gasteiger partial charge in [-0.3, -0.25) is 10.2 Å². The van der Waals surface area contributed by atoms with Crippen LogP contribution in [-0.2, 0) is 10.4 Å². The average Bonchev–Trinajstić information content (AvgIpc) is 2.76. The molecule has 0 radical (unpaired) electrons. The second-order valence-corrected chi connectivity index (χ2v) is 5.82. The van der Waals surface area contributed by atoms with Gasteiger partial charge in [-0.1, -0.05) is 36.4 Å². The summed E-state index contributed by atoms with van der Waals surface area (Å²) >= 11 is 0. The molecule has 6 nitrogen and oxygen atoms in total. The Labute approximate surface area is 145 Å². The molecular formula is C19H20N2O4. The fraction of sp³-hybridized carbons (Fsp3) is 0.211. The number of nitrogens with one attached hydrogen (secondary N) is 1. The number of fused-ring (bicyclic) bond motifs is 2. The topological polar surface area (TPSA) is 93.8 Å². The molecule has 6 heteroatoms. The van der Waals surface area contributed by atoms with E-state index in [1.54, 1.807) is 25.3 Å². The van der Waals surface area contributed by atoms with Crippen molar-refractivity contribution in [2.75, 3.05) is 14.2 Å². The van der Waals surface area contributed by atoms with Crippen molar-refractivity contribution in [1.29, 1.82) is 0 Å². The Morgan fingerprint density at radius 3 is 2.40 bits per heavy atom. The van der Waals surface area contributed by atoms with Crippen molar-refractivity contribution in [3.05, 3.63) is 58.7 Å². The van der Waals surface area contributed by atoms with Gasteiger partial charge < -0.3 is 14.6 Å². The van der Waals surface area contributed by atoms with Crippen molar-refractivity contribution in [3.8, 4) is 11.5 Å². The van der Waals surface area contributed by atoms with E-state index < -0.39 is 11.5 Å². The number of aliphatic hydroxyl groups is 1. The van der Waals surface area contributed by atoms with Crippen LogP contribution in [0.3, 0.4) is 0 Å². The zero-order chi connectivity index (χ0) is 18.0. The summed E-state index contributed by atoms with van der Waals surface area (Å²) in [5, 5.41) is 11.6. The zero-order valence-corrected chi connectivity index (χ0v) is 14.1. The highest BCUT2D eigenvalue weighted by molar-refractivity contribution is 5.83. The predicted molar refractivity (Wildman–Crippen MR) is 94.9 cm³/mol. The van der Waals surface area contributed by atoms with E-state index in [1.807, 2.05) is 30.4 Å². The van der Waals surface area contributed by atoms with E-state index in [-0.39, 0.29) is 6.42 Å². The van der Waals surface area contributed by atoms with Gasteiger partial charge in [0.15, 0.2) is 11.5 Å². The summed E-state index contributed by atoms with van der Waals surface area (Å²) in [5.74, 6) is 5.80. The molecule has 0 aliphatic heterocycles. The number of benzene rings is 2. The second kappa shape index (κ2) is 6.58. The van der Waals surface area contributed by atoms with E-state index in [0.29, 0.717) is 22.6 Å². The molecule has 0 fully saturated rings. The first-order valence-electron chi connectivity index (χ1n) is 7.79. The Balaban J connectivity index is 2.30. The maximum absolute atomic E-state index is 12.0. The van der Waals surface area contributed by atoms with Crippen molar-refractivity contribution < 1.29 is 19.4 Å². The van der Waals surface area contributed by atoms with E-state index in [1.165, 1.54) is 7.11 Å². The largest absolute Gasteiger partial charge is 0.493 e. The summed E-state index contributed by atoms with van der Waals surface area (Å²) < 4.78 is 10.7.